The first-order chi connectivity index (χ1) is 11.2. The van der Waals surface area contributed by atoms with Gasteiger partial charge < -0.3 is 9.84 Å². The molecule has 0 atom stereocenters. The van der Waals surface area contributed by atoms with Gasteiger partial charge in [0, 0.05) is 13.0 Å². The summed E-state index contributed by atoms with van der Waals surface area (Å²) in [6, 6.07) is 4.92. The van der Waals surface area contributed by atoms with Crippen molar-refractivity contribution in [3.63, 3.8) is 0 Å². The maximum absolute atomic E-state index is 12.2. The number of amides is 1. The molecule has 1 aromatic carbocycles. The molecule has 0 saturated carbocycles. The summed E-state index contributed by atoms with van der Waals surface area (Å²) < 4.78 is 31.9. The van der Waals surface area contributed by atoms with Crippen LogP contribution in [0.1, 0.15) is 29.0 Å². The predicted octanol–water partition coefficient (Wildman–Crippen LogP) is 2.22. The minimum Gasteiger partial charge on any atom is -0.359 e. The van der Waals surface area contributed by atoms with Gasteiger partial charge in [0.25, 0.3) is 0 Å². The van der Waals surface area contributed by atoms with Crippen molar-refractivity contribution in [2.75, 3.05) is 11.9 Å². The molecule has 0 spiro atoms. The van der Waals surface area contributed by atoms with E-state index in [1.165, 1.54) is 0 Å². The normalized spacial score (nSPS) is 11.5. The molecule has 8 heteroatoms. The molecule has 0 unspecified atom stereocenters. The Kier molecular flexibility index (Phi) is 5.40. The van der Waals surface area contributed by atoms with Gasteiger partial charge in [-0.05, 0) is 51.0 Å². The van der Waals surface area contributed by atoms with Crippen LogP contribution >= 0.6 is 0 Å². The smallest absolute Gasteiger partial charge is 0.240 e. The molecular weight excluding hydrogens is 330 g/mol. The number of aryl methyl sites for hydroxylation is 4. The fourth-order valence-corrected chi connectivity index (χ4v) is 3.24. The molecule has 1 aromatic heterocycles. The maximum atomic E-state index is 12.2. The first kappa shape index (κ1) is 18.2. The molecule has 0 fully saturated rings. The number of carbonyl (C=O) groups excluding carboxylic acids is 1. The lowest BCUT2D eigenvalue weighted by atomic mass is 10.1. The summed E-state index contributed by atoms with van der Waals surface area (Å²) in [5.41, 5.74) is 3.02. The molecule has 0 saturated heterocycles. The molecule has 0 aliphatic heterocycles. The Morgan fingerprint density at radius 1 is 1.17 bits per heavy atom. The van der Waals surface area contributed by atoms with Gasteiger partial charge in [-0.15, -0.1) is 0 Å². The van der Waals surface area contributed by atoms with Crippen molar-refractivity contribution in [2.24, 2.45) is 0 Å². The Balaban J connectivity index is 1.93. The molecule has 0 aliphatic rings. The minimum absolute atomic E-state index is 0.00443. The second-order valence-corrected chi connectivity index (χ2v) is 7.41. The molecule has 130 valence electrons. The number of hydrogen-bond acceptors (Lipinski definition) is 5. The highest BCUT2D eigenvalue weighted by Gasteiger charge is 2.16. The summed E-state index contributed by atoms with van der Waals surface area (Å²) in [7, 11) is -3.63. The van der Waals surface area contributed by atoms with E-state index in [9.17, 15) is 13.2 Å². The van der Waals surface area contributed by atoms with Gasteiger partial charge in [-0.1, -0.05) is 11.2 Å². The maximum Gasteiger partial charge on any atom is 0.240 e. The van der Waals surface area contributed by atoms with E-state index in [-0.39, 0.29) is 23.8 Å². The van der Waals surface area contributed by atoms with E-state index in [4.69, 9.17) is 4.52 Å². The van der Waals surface area contributed by atoms with Gasteiger partial charge in [0.2, 0.25) is 15.9 Å². The molecule has 2 aromatic rings. The van der Waals surface area contributed by atoms with E-state index in [1.54, 1.807) is 32.0 Å². The predicted molar refractivity (Wildman–Crippen MR) is 90.3 cm³/mol. The van der Waals surface area contributed by atoms with Crippen LogP contribution in [0.3, 0.4) is 0 Å². The third-order valence-electron chi connectivity index (χ3n) is 3.73. The zero-order valence-corrected chi connectivity index (χ0v) is 15.0. The van der Waals surface area contributed by atoms with Crippen molar-refractivity contribution in [3.8, 4) is 0 Å². The largest absolute Gasteiger partial charge is 0.359 e. The fourth-order valence-electron chi connectivity index (χ4n) is 2.13. The van der Waals surface area contributed by atoms with Crippen LogP contribution in [-0.2, 0) is 14.8 Å². The average molecular weight is 351 g/mol. The van der Waals surface area contributed by atoms with Gasteiger partial charge in [-0.2, -0.15) is 0 Å². The Morgan fingerprint density at radius 2 is 1.88 bits per heavy atom. The number of aromatic nitrogens is 1. The van der Waals surface area contributed by atoms with Crippen LogP contribution in [0.2, 0.25) is 0 Å². The minimum atomic E-state index is -3.63. The molecule has 0 aliphatic carbocycles. The molecule has 24 heavy (non-hydrogen) atoms. The second kappa shape index (κ2) is 7.14. The zero-order chi connectivity index (χ0) is 17.9. The monoisotopic (exact) mass is 351 g/mol. The summed E-state index contributed by atoms with van der Waals surface area (Å²) in [5.74, 6) is 0.198. The number of sulfonamides is 1. The number of benzene rings is 1. The SMILES string of the molecule is Cc1ccc(S(=O)(=O)NCCC(=O)Nc2c(C)noc2C)cc1C. The van der Waals surface area contributed by atoms with Crippen LogP contribution in [-0.4, -0.2) is 26.0 Å². The third kappa shape index (κ3) is 4.21. The molecule has 2 N–H and O–H groups in total. The van der Waals surface area contributed by atoms with Gasteiger partial charge in [0.15, 0.2) is 5.76 Å². The molecule has 7 nitrogen and oxygen atoms in total. The lowest BCUT2D eigenvalue weighted by Gasteiger charge is -2.09. The summed E-state index contributed by atoms with van der Waals surface area (Å²) in [6.07, 6.45) is 0.00807. The highest BCUT2D eigenvalue weighted by Crippen LogP contribution is 2.18. The lowest BCUT2D eigenvalue weighted by molar-refractivity contribution is -0.116. The van der Waals surface area contributed by atoms with Gasteiger partial charge >= 0.3 is 0 Å². The number of rotatable bonds is 6. The molecule has 1 heterocycles. The molecule has 0 radical (unpaired) electrons. The van der Waals surface area contributed by atoms with Crippen molar-refractivity contribution in [1.29, 1.82) is 0 Å². The molecule has 2 rings (SSSR count). The molecule has 1 amide bonds. The van der Waals surface area contributed by atoms with Crippen LogP contribution < -0.4 is 10.0 Å². The van der Waals surface area contributed by atoms with Crippen molar-refractivity contribution in [3.05, 3.63) is 40.8 Å². The number of hydrogen-bond donors (Lipinski definition) is 2. The number of nitrogens with zero attached hydrogens (tertiary/aromatic N) is 1. The Hall–Kier alpha value is -2.19. The second-order valence-electron chi connectivity index (χ2n) is 5.64. The Bertz CT molecular complexity index is 837. The first-order valence-electron chi connectivity index (χ1n) is 7.50. The van der Waals surface area contributed by atoms with Gasteiger partial charge in [-0.25, -0.2) is 13.1 Å². The standard InChI is InChI=1S/C16H21N3O4S/c1-10-5-6-14(9-11(10)2)24(21,22)17-8-7-15(20)18-16-12(3)19-23-13(16)4/h5-6,9,17H,7-8H2,1-4H3,(H,18,20). The highest BCUT2D eigenvalue weighted by molar-refractivity contribution is 7.89. The van der Waals surface area contributed by atoms with Crippen molar-refractivity contribution >= 4 is 21.6 Å². The third-order valence-corrected chi connectivity index (χ3v) is 5.19. The van der Waals surface area contributed by atoms with Crippen LogP contribution in [0.4, 0.5) is 5.69 Å². The highest BCUT2D eigenvalue weighted by atomic mass is 32.2. The van der Waals surface area contributed by atoms with E-state index in [0.29, 0.717) is 17.1 Å². The van der Waals surface area contributed by atoms with Crippen molar-refractivity contribution in [1.82, 2.24) is 9.88 Å². The van der Waals surface area contributed by atoms with Crippen molar-refractivity contribution < 1.29 is 17.7 Å². The van der Waals surface area contributed by atoms with Gasteiger partial charge in [-0.3, -0.25) is 4.79 Å². The number of carbonyl (C=O) groups is 1. The van der Waals surface area contributed by atoms with Gasteiger partial charge in [0.1, 0.15) is 11.4 Å². The van der Waals surface area contributed by atoms with Crippen LogP contribution in [0, 0.1) is 27.7 Å². The average Bonchev–Trinajstić information content (AvgIpc) is 2.81. The van der Waals surface area contributed by atoms with E-state index in [1.807, 2.05) is 13.8 Å². The summed E-state index contributed by atoms with van der Waals surface area (Å²) >= 11 is 0. The lowest BCUT2D eigenvalue weighted by Crippen LogP contribution is -2.28. The van der Waals surface area contributed by atoms with Crippen LogP contribution in [0.25, 0.3) is 0 Å². The first-order valence-corrected chi connectivity index (χ1v) is 8.98. The summed E-state index contributed by atoms with van der Waals surface area (Å²) in [6.45, 7) is 7.18. The van der Waals surface area contributed by atoms with Crippen molar-refractivity contribution in [2.45, 2.75) is 39.0 Å². The zero-order valence-electron chi connectivity index (χ0n) is 14.1. The fraction of sp³-hybridized carbons (Fsp3) is 0.375. The quantitative estimate of drug-likeness (QED) is 0.831. The van der Waals surface area contributed by atoms with Crippen LogP contribution in [0.5, 0.6) is 0 Å². The summed E-state index contributed by atoms with van der Waals surface area (Å²) in [5, 5.41) is 6.41. The number of nitrogens with one attached hydrogen (secondary N) is 2. The van der Waals surface area contributed by atoms with E-state index >= 15 is 0 Å². The van der Waals surface area contributed by atoms with Crippen LogP contribution in [0.15, 0.2) is 27.6 Å². The van der Waals surface area contributed by atoms with E-state index in [2.05, 4.69) is 15.2 Å². The molecule has 0 bridgehead atoms. The Morgan fingerprint density at radius 3 is 2.46 bits per heavy atom. The Labute approximate surface area is 141 Å². The number of anilines is 1. The van der Waals surface area contributed by atoms with E-state index < -0.39 is 10.0 Å². The summed E-state index contributed by atoms with van der Waals surface area (Å²) in [4.78, 5) is 12.1. The topological polar surface area (TPSA) is 101 Å². The molecular formula is C16H21N3O4S. The van der Waals surface area contributed by atoms with E-state index in [0.717, 1.165) is 11.1 Å². The van der Waals surface area contributed by atoms with Gasteiger partial charge in [0.05, 0.1) is 4.90 Å².